The number of fused-ring (bicyclic) bond motifs is 1. The fourth-order valence-corrected chi connectivity index (χ4v) is 4.70. The topological polar surface area (TPSA) is 161 Å². The summed E-state index contributed by atoms with van der Waals surface area (Å²) >= 11 is 0. The van der Waals surface area contributed by atoms with Crippen LogP contribution in [0.4, 0.5) is 29.1 Å². The number of nitrogen functional groups attached to an aromatic ring is 1. The lowest BCUT2D eigenvalue weighted by Crippen LogP contribution is -2.55. The van der Waals surface area contributed by atoms with Crippen LogP contribution < -0.4 is 21.7 Å². The van der Waals surface area contributed by atoms with Crippen molar-refractivity contribution in [2.75, 3.05) is 23.7 Å². The van der Waals surface area contributed by atoms with E-state index in [9.17, 15) is 27.5 Å². The molecule has 0 bridgehead atoms. The number of alkyl halides is 3. The predicted molar refractivity (Wildman–Crippen MR) is 132 cm³/mol. The second-order valence-corrected chi connectivity index (χ2v) is 9.22. The van der Waals surface area contributed by atoms with Gasteiger partial charge in [0, 0.05) is 42.6 Å². The maximum atomic E-state index is 14.7. The molecule has 1 fully saturated rings. The van der Waals surface area contributed by atoms with E-state index in [2.05, 4.69) is 25.3 Å². The summed E-state index contributed by atoms with van der Waals surface area (Å²) in [4.78, 5) is 30.2. The molecule has 39 heavy (non-hydrogen) atoms. The summed E-state index contributed by atoms with van der Waals surface area (Å²) in [6.45, 7) is -0.475. The minimum atomic E-state index is -5.01. The van der Waals surface area contributed by atoms with Gasteiger partial charge in [-0.1, -0.05) is 6.07 Å². The van der Waals surface area contributed by atoms with E-state index in [0.717, 1.165) is 12.4 Å². The minimum Gasteiger partial charge on any atom is -0.493 e. The van der Waals surface area contributed by atoms with Crippen LogP contribution in [0.5, 0.6) is 5.88 Å². The molecule has 1 saturated heterocycles. The van der Waals surface area contributed by atoms with Crippen LogP contribution >= 0.6 is 0 Å². The molecule has 1 atom stereocenters. The number of pyridine rings is 1. The van der Waals surface area contributed by atoms with Crippen molar-refractivity contribution < 1.29 is 27.5 Å². The van der Waals surface area contributed by atoms with E-state index in [1.165, 1.54) is 28.1 Å². The largest absolute Gasteiger partial charge is 0.493 e. The maximum Gasteiger partial charge on any atom is 0.419 e. The third-order valence-electron chi connectivity index (χ3n) is 6.68. The molecule has 1 unspecified atom stereocenters. The summed E-state index contributed by atoms with van der Waals surface area (Å²) in [6.07, 6.45) is -1.09. The van der Waals surface area contributed by atoms with E-state index >= 15 is 0 Å². The zero-order chi connectivity index (χ0) is 27.9. The van der Waals surface area contributed by atoms with Crippen molar-refractivity contribution in [1.29, 1.82) is 0 Å². The van der Waals surface area contributed by atoms with Crippen molar-refractivity contribution in [3.8, 4) is 5.88 Å². The number of hydrogen-bond acceptors (Lipinski definition) is 9. The van der Waals surface area contributed by atoms with Gasteiger partial charge in [-0.05, 0) is 24.6 Å². The van der Waals surface area contributed by atoms with Crippen molar-refractivity contribution in [3.63, 3.8) is 0 Å². The van der Waals surface area contributed by atoms with Gasteiger partial charge < -0.3 is 31.4 Å². The second kappa shape index (κ2) is 9.65. The summed E-state index contributed by atoms with van der Waals surface area (Å²) in [5.41, 5.74) is 9.74. The number of halogens is 4. The Bertz CT molecular complexity index is 1560. The molecule has 3 aromatic heterocycles. The Balaban J connectivity index is 1.46. The van der Waals surface area contributed by atoms with Crippen molar-refractivity contribution in [2.24, 2.45) is 5.73 Å². The smallest absolute Gasteiger partial charge is 0.419 e. The molecule has 1 aliphatic rings. The highest BCUT2D eigenvalue weighted by Gasteiger charge is 2.44. The number of nitrogens with zero attached hydrogens (tertiary/aromatic N) is 6. The molecule has 0 aliphatic carbocycles. The van der Waals surface area contributed by atoms with Gasteiger partial charge in [0.1, 0.15) is 23.2 Å². The first-order chi connectivity index (χ1) is 18.5. The van der Waals surface area contributed by atoms with Gasteiger partial charge in [-0.25, -0.2) is 24.3 Å². The van der Waals surface area contributed by atoms with Gasteiger partial charge in [-0.15, -0.1) is 0 Å². The Labute approximate surface area is 218 Å². The van der Waals surface area contributed by atoms with Crippen LogP contribution in [-0.4, -0.2) is 54.1 Å². The lowest BCUT2D eigenvalue weighted by molar-refractivity contribution is -0.140. The standard InChI is InChI=1S/C24H23F4N9O2/c25-15-3-4-16(36-7-5-23(30,10-36)22(39)32-8-13-2-1-6-31-21(13)38)14(17(15)24(26,27)28)9-37-12-35-18-19(29)33-11-34-20(18)37/h1-4,6,11-12H,5,7-10,30H2,(H,31,38)(H,32,39)(H2,29,33,34). The van der Waals surface area contributed by atoms with Crippen LogP contribution in [-0.2, 0) is 24.1 Å². The Morgan fingerprint density at radius 2 is 1.97 bits per heavy atom. The van der Waals surface area contributed by atoms with Gasteiger partial charge in [0.15, 0.2) is 11.5 Å². The van der Waals surface area contributed by atoms with Crippen LogP contribution in [0.2, 0.25) is 0 Å². The number of hydrogen-bond donors (Lipinski definition) is 4. The van der Waals surface area contributed by atoms with E-state index in [1.807, 2.05) is 0 Å². The predicted octanol–water partition coefficient (Wildman–Crippen LogP) is 1.94. The number of rotatable bonds is 6. The SMILES string of the molecule is Nc1ncnc2c1ncn2Cc1c(N2CCC(N)(C(=O)NCc3cccnc3O)C2)ccc(F)c1C(F)(F)F. The first-order valence-corrected chi connectivity index (χ1v) is 11.7. The van der Waals surface area contributed by atoms with E-state index in [4.69, 9.17) is 11.5 Å². The van der Waals surface area contributed by atoms with Gasteiger partial charge >= 0.3 is 6.18 Å². The molecule has 15 heteroatoms. The quantitative estimate of drug-likeness (QED) is 0.265. The Morgan fingerprint density at radius 3 is 2.72 bits per heavy atom. The van der Waals surface area contributed by atoms with Gasteiger partial charge in [0.25, 0.3) is 0 Å². The van der Waals surface area contributed by atoms with Crippen LogP contribution in [0.3, 0.4) is 0 Å². The lowest BCUT2D eigenvalue weighted by Gasteiger charge is -2.28. The van der Waals surface area contributed by atoms with Crippen molar-refractivity contribution in [2.45, 2.75) is 31.2 Å². The summed E-state index contributed by atoms with van der Waals surface area (Å²) in [5, 5.41) is 12.5. The number of benzene rings is 1. The molecule has 1 aliphatic heterocycles. The number of carbonyl (C=O) groups is 1. The fourth-order valence-electron chi connectivity index (χ4n) is 4.70. The monoisotopic (exact) mass is 545 g/mol. The van der Waals surface area contributed by atoms with Crippen LogP contribution in [0.25, 0.3) is 11.2 Å². The summed E-state index contributed by atoms with van der Waals surface area (Å²) in [5.74, 6) is -2.19. The molecule has 0 saturated carbocycles. The Morgan fingerprint density at radius 1 is 1.18 bits per heavy atom. The third kappa shape index (κ3) is 4.87. The number of aromatic hydroxyl groups is 1. The van der Waals surface area contributed by atoms with E-state index in [0.29, 0.717) is 5.56 Å². The number of amides is 1. The number of imidazole rings is 1. The fraction of sp³-hybridized carbons (Fsp3) is 0.292. The van der Waals surface area contributed by atoms with Gasteiger partial charge in [0.2, 0.25) is 11.8 Å². The number of aromatic nitrogens is 5. The first kappa shape index (κ1) is 26.1. The van der Waals surface area contributed by atoms with Crippen molar-refractivity contribution >= 4 is 28.6 Å². The summed E-state index contributed by atoms with van der Waals surface area (Å²) in [6, 6.07) is 5.15. The van der Waals surface area contributed by atoms with Gasteiger partial charge in [0.05, 0.1) is 18.4 Å². The number of anilines is 2. The minimum absolute atomic E-state index is 0.0455. The molecule has 0 radical (unpaired) electrons. The summed E-state index contributed by atoms with van der Waals surface area (Å²) in [7, 11) is 0. The Hall–Kier alpha value is -4.53. The second-order valence-electron chi connectivity index (χ2n) is 9.22. The normalized spacial score (nSPS) is 17.6. The molecule has 6 N–H and O–H groups in total. The molecule has 4 aromatic rings. The number of nitrogens with one attached hydrogen (secondary N) is 1. The average Bonchev–Trinajstić information content (AvgIpc) is 3.48. The third-order valence-corrected chi connectivity index (χ3v) is 6.68. The van der Waals surface area contributed by atoms with E-state index in [-0.39, 0.29) is 60.2 Å². The number of nitrogens with two attached hydrogens (primary N) is 2. The van der Waals surface area contributed by atoms with E-state index in [1.54, 1.807) is 12.1 Å². The molecule has 1 amide bonds. The molecule has 204 valence electrons. The molecule has 1 aromatic carbocycles. The molecular formula is C24H23F4N9O2. The first-order valence-electron chi connectivity index (χ1n) is 11.7. The molecule has 5 rings (SSSR count). The Kier molecular flexibility index (Phi) is 6.46. The van der Waals surface area contributed by atoms with Crippen molar-refractivity contribution in [3.05, 3.63) is 65.6 Å². The van der Waals surface area contributed by atoms with Crippen LogP contribution in [0.15, 0.2) is 43.1 Å². The zero-order valence-electron chi connectivity index (χ0n) is 20.3. The number of carbonyl (C=O) groups excluding carboxylic acids is 1. The maximum absolute atomic E-state index is 14.7. The summed E-state index contributed by atoms with van der Waals surface area (Å²) < 4.78 is 58.3. The molecular weight excluding hydrogens is 522 g/mol. The lowest BCUT2D eigenvalue weighted by atomic mass is 9.98. The van der Waals surface area contributed by atoms with Crippen LogP contribution in [0.1, 0.15) is 23.1 Å². The van der Waals surface area contributed by atoms with Gasteiger partial charge in [-0.2, -0.15) is 13.2 Å². The van der Waals surface area contributed by atoms with Gasteiger partial charge in [-0.3, -0.25) is 4.79 Å². The van der Waals surface area contributed by atoms with Crippen molar-refractivity contribution in [1.82, 2.24) is 29.8 Å². The molecule has 11 nitrogen and oxygen atoms in total. The average molecular weight is 546 g/mol. The highest BCUT2D eigenvalue weighted by atomic mass is 19.4. The highest BCUT2D eigenvalue weighted by Crippen LogP contribution is 2.40. The molecule has 4 heterocycles. The highest BCUT2D eigenvalue weighted by molar-refractivity contribution is 5.88. The van der Waals surface area contributed by atoms with Crippen LogP contribution in [0, 0.1) is 5.82 Å². The van der Waals surface area contributed by atoms with E-state index < -0.39 is 35.5 Å². The molecule has 0 spiro atoms. The zero-order valence-corrected chi connectivity index (χ0v) is 20.3.